The number of methoxy groups -OCH3 is 1. The van der Waals surface area contributed by atoms with Gasteiger partial charge in [-0.05, 0) is 77.9 Å². The van der Waals surface area contributed by atoms with Gasteiger partial charge >= 0.3 is 11.9 Å². The molecule has 1 N–H and O–H groups in total. The van der Waals surface area contributed by atoms with Gasteiger partial charge in [-0.25, -0.2) is 14.6 Å². The minimum atomic E-state index is -1.11. The number of carbonyl (C=O) groups is 2. The Morgan fingerprint density at radius 3 is 2.61 bits per heavy atom. The fourth-order valence-corrected chi connectivity index (χ4v) is 5.95. The van der Waals surface area contributed by atoms with Crippen LogP contribution in [0.3, 0.4) is 0 Å². The van der Waals surface area contributed by atoms with Gasteiger partial charge in [-0.1, -0.05) is 35.1 Å². The number of aliphatic carboxylic acids is 1. The number of hydrogen-bond acceptors (Lipinski definition) is 8. The molecule has 2 aromatic carbocycles. The molecule has 0 unspecified atom stereocenters. The number of benzene rings is 2. The third-order valence-electron chi connectivity index (χ3n) is 5.59. The molecule has 12 heteroatoms. The quantitative estimate of drug-likeness (QED) is 0.289. The smallest absolute Gasteiger partial charge is 0.341 e. The van der Waals surface area contributed by atoms with Crippen LogP contribution in [0.2, 0.25) is 5.02 Å². The van der Waals surface area contributed by atoms with Crippen LogP contribution in [0.5, 0.6) is 11.5 Å². The summed E-state index contributed by atoms with van der Waals surface area (Å²) in [5, 5.41) is 9.48. The number of nitrogens with zero attached hydrogens (tertiary/aromatic N) is 2. The van der Waals surface area contributed by atoms with Crippen molar-refractivity contribution in [2.75, 3.05) is 20.3 Å². The molecule has 1 aliphatic heterocycles. The van der Waals surface area contributed by atoms with Crippen molar-refractivity contribution in [3.05, 3.63) is 87.1 Å². The minimum absolute atomic E-state index is 0.181. The molecule has 1 aromatic heterocycles. The van der Waals surface area contributed by atoms with Crippen molar-refractivity contribution in [1.82, 2.24) is 4.57 Å². The molecule has 198 valence electrons. The average Bonchev–Trinajstić information content (AvgIpc) is 3.16. The Labute approximate surface area is 239 Å². The molecule has 9 nitrogen and oxygen atoms in total. The number of aromatic nitrogens is 1. The standard InChI is InChI=1S/C26H22ClIN2O7S/c1-4-36-25(34)21-13(2)29-26-30(22(21)15-5-7-16(27)8-6-15)24(33)19(38-26)11-14-9-17(28)23(18(10-14)35-3)37-12-20(31)32/h5-11,22H,4,12H2,1-3H3,(H,31,32)/b19-11-/t22-/m1/s1. The lowest BCUT2D eigenvalue weighted by atomic mass is 9.96. The molecule has 0 amide bonds. The number of thiazole rings is 1. The van der Waals surface area contributed by atoms with Crippen molar-refractivity contribution in [3.63, 3.8) is 0 Å². The number of esters is 1. The number of ether oxygens (including phenoxy) is 3. The van der Waals surface area contributed by atoms with Gasteiger partial charge in [0.15, 0.2) is 22.9 Å². The molecule has 0 fully saturated rings. The van der Waals surface area contributed by atoms with Gasteiger partial charge in [0.2, 0.25) is 0 Å². The summed E-state index contributed by atoms with van der Waals surface area (Å²) in [5.41, 5.74) is 1.75. The molecule has 0 bridgehead atoms. The van der Waals surface area contributed by atoms with Crippen LogP contribution in [0.25, 0.3) is 6.08 Å². The van der Waals surface area contributed by atoms with Crippen LogP contribution in [0.1, 0.15) is 31.0 Å². The minimum Gasteiger partial charge on any atom is -0.493 e. The van der Waals surface area contributed by atoms with Crippen LogP contribution in [-0.2, 0) is 14.3 Å². The molecular formula is C26H22ClIN2O7S. The molecule has 3 aromatic rings. The summed E-state index contributed by atoms with van der Waals surface area (Å²) in [5.74, 6) is -1.02. The predicted molar refractivity (Wildman–Crippen MR) is 151 cm³/mol. The van der Waals surface area contributed by atoms with Crippen LogP contribution >= 0.6 is 45.5 Å². The van der Waals surface area contributed by atoms with Gasteiger partial charge in [0.05, 0.1) is 39.1 Å². The number of halogens is 2. The summed E-state index contributed by atoms with van der Waals surface area (Å²) in [6.07, 6.45) is 1.69. The highest BCUT2D eigenvalue weighted by Gasteiger charge is 2.33. The first kappa shape index (κ1) is 27.9. The molecule has 38 heavy (non-hydrogen) atoms. The summed E-state index contributed by atoms with van der Waals surface area (Å²) in [4.78, 5) is 42.7. The number of fused-ring (bicyclic) bond motifs is 1. The Morgan fingerprint density at radius 1 is 1.26 bits per heavy atom. The summed E-state index contributed by atoms with van der Waals surface area (Å²) < 4.78 is 18.6. The van der Waals surface area contributed by atoms with Crippen LogP contribution in [0.4, 0.5) is 0 Å². The van der Waals surface area contributed by atoms with Gasteiger partial charge in [0.25, 0.3) is 5.56 Å². The van der Waals surface area contributed by atoms with E-state index in [4.69, 9.17) is 30.9 Å². The normalized spacial score (nSPS) is 15.1. The number of rotatable bonds is 8. The number of carboxylic acids is 1. The lowest BCUT2D eigenvalue weighted by Crippen LogP contribution is -2.39. The van der Waals surface area contributed by atoms with Crippen molar-refractivity contribution >= 4 is 63.5 Å². The first-order valence-corrected chi connectivity index (χ1v) is 13.6. The fourth-order valence-electron chi connectivity index (χ4n) is 4.00. The number of allylic oxidation sites excluding steroid dienone is 1. The molecule has 4 rings (SSSR count). The Bertz CT molecular complexity index is 1630. The van der Waals surface area contributed by atoms with Crippen LogP contribution in [0.15, 0.2) is 57.5 Å². The van der Waals surface area contributed by atoms with E-state index in [-0.39, 0.29) is 17.7 Å². The third kappa shape index (κ3) is 5.64. The van der Waals surface area contributed by atoms with Crippen molar-refractivity contribution in [3.8, 4) is 11.5 Å². The Hall–Kier alpha value is -3.16. The van der Waals surface area contributed by atoms with Crippen molar-refractivity contribution in [2.24, 2.45) is 4.99 Å². The molecule has 0 aliphatic carbocycles. The van der Waals surface area contributed by atoms with Crippen molar-refractivity contribution < 1.29 is 28.9 Å². The lowest BCUT2D eigenvalue weighted by Gasteiger charge is -2.24. The van der Waals surface area contributed by atoms with E-state index in [9.17, 15) is 14.4 Å². The second kappa shape index (κ2) is 11.7. The number of hydrogen-bond donors (Lipinski definition) is 1. The Morgan fingerprint density at radius 2 is 1.97 bits per heavy atom. The Kier molecular flexibility index (Phi) is 8.58. The first-order valence-electron chi connectivity index (χ1n) is 11.3. The first-order chi connectivity index (χ1) is 18.1. The molecule has 0 saturated carbocycles. The summed E-state index contributed by atoms with van der Waals surface area (Å²) in [7, 11) is 1.45. The molecule has 1 atom stereocenters. The van der Waals surface area contributed by atoms with Gasteiger partial charge < -0.3 is 19.3 Å². The topological polar surface area (TPSA) is 116 Å². The Balaban J connectivity index is 1.88. The highest BCUT2D eigenvalue weighted by Crippen LogP contribution is 2.34. The van der Waals surface area contributed by atoms with Crippen LogP contribution in [-0.4, -0.2) is 41.9 Å². The van der Waals surface area contributed by atoms with Crippen molar-refractivity contribution in [1.29, 1.82) is 0 Å². The molecule has 0 spiro atoms. The maximum Gasteiger partial charge on any atom is 0.341 e. The maximum absolute atomic E-state index is 13.7. The highest BCUT2D eigenvalue weighted by atomic mass is 127. The van der Waals surface area contributed by atoms with Gasteiger partial charge in [0.1, 0.15) is 0 Å². The highest BCUT2D eigenvalue weighted by molar-refractivity contribution is 14.1. The van der Waals surface area contributed by atoms with Crippen molar-refractivity contribution in [2.45, 2.75) is 19.9 Å². The maximum atomic E-state index is 13.7. The average molecular weight is 669 g/mol. The van der Waals surface area contributed by atoms with E-state index in [2.05, 4.69) is 4.99 Å². The third-order valence-corrected chi connectivity index (χ3v) is 7.63. The van der Waals surface area contributed by atoms with E-state index < -0.39 is 24.6 Å². The second-order valence-corrected chi connectivity index (χ2v) is 10.7. The second-order valence-electron chi connectivity index (χ2n) is 8.07. The van der Waals surface area contributed by atoms with Crippen LogP contribution in [0, 0.1) is 3.57 Å². The van der Waals surface area contributed by atoms with Gasteiger partial charge in [-0.3, -0.25) is 9.36 Å². The van der Waals surface area contributed by atoms with E-state index in [1.807, 2.05) is 22.6 Å². The summed E-state index contributed by atoms with van der Waals surface area (Å²) in [6.45, 7) is 3.10. The number of carboxylic acid groups (broad SMARTS) is 1. The molecule has 2 heterocycles. The molecule has 0 saturated heterocycles. The molecular weight excluding hydrogens is 647 g/mol. The number of carbonyl (C=O) groups excluding carboxylic acids is 1. The van der Waals surface area contributed by atoms with E-state index in [1.54, 1.807) is 56.3 Å². The van der Waals surface area contributed by atoms with E-state index in [1.165, 1.54) is 23.0 Å². The SMILES string of the molecule is CCOC(=O)C1=C(C)N=c2s/c(=C\c3cc(I)c(OCC(=O)O)c(OC)c3)c(=O)n2[C@@H]1c1ccc(Cl)cc1. The summed E-state index contributed by atoms with van der Waals surface area (Å²) in [6, 6.07) is 9.61. The van der Waals surface area contributed by atoms with Crippen LogP contribution < -0.4 is 24.4 Å². The van der Waals surface area contributed by atoms with E-state index in [0.29, 0.717) is 46.2 Å². The molecule has 1 aliphatic rings. The van der Waals surface area contributed by atoms with E-state index in [0.717, 1.165) is 0 Å². The van der Waals surface area contributed by atoms with Gasteiger partial charge in [0, 0.05) is 5.02 Å². The monoisotopic (exact) mass is 668 g/mol. The van der Waals surface area contributed by atoms with Gasteiger partial charge in [-0.15, -0.1) is 0 Å². The zero-order valence-electron chi connectivity index (χ0n) is 20.5. The fraction of sp³-hybridized carbons (Fsp3) is 0.231. The largest absolute Gasteiger partial charge is 0.493 e. The lowest BCUT2D eigenvalue weighted by molar-refractivity contribution is -0.140. The molecule has 0 radical (unpaired) electrons. The predicted octanol–water partition coefficient (Wildman–Crippen LogP) is 3.53. The van der Waals surface area contributed by atoms with Gasteiger partial charge in [-0.2, -0.15) is 0 Å². The van der Waals surface area contributed by atoms with E-state index >= 15 is 0 Å². The zero-order chi connectivity index (χ0) is 27.6. The summed E-state index contributed by atoms with van der Waals surface area (Å²) >= 11 is 9.30. The zero-order valence-corrected chi connectivity index (χ0v) is 24.2.